The van der Waals surface area contributed by atoms with Gasteiger partial charge in [0, 0.05) is 31.1 Å². The summed E-state index contributed by atoms with van der Waals surface area (Å²) in [6.07, 6.45) is 1.81. The number of aliphatic imine (C=N–C) groups is 1. The normalized spacial score (nSPS) is 19.1. The minimum atomic E-state index is -1.32. The summed E-state index contributed by atoms with van der Waals surface area (Å²) in [5.74, 6) is 1.45. The van der Waals surface area contributed by atoms with Crippen molar-refractivity contribution in [1.29, 1.82) is 0 Å². The highest BCUT2D eigenvalue weighted by Gasteiger charge is 2.53. The first-order valence-electron chi connectivity index (χ1n) is 15.0. The van der Waals surface area contributed by atoms with Gasteiger partial charge in [-0.1, -0.05) is 66.7 Å². The summed E-state index contributed by atoms with van der Waals surface area (Å²) in [7, 11) is 1.62. The molecular weight excluding hydrogens is 554 g/mol. The summed E-state index contributed by atoms with van der Waals surface area (Å²) in [6.45, 7) is 0.493. The largest absolute Gasteiger partial charge is 0.497 e. The molecule has 44 heavy (non-hydrogen) atoms. The second-order valence-corrected chi connectivity index (χ2v) is 11.2. The predicted molar refractivity (Wildman–Crippen MR) is 169 cm³/mol. The molecule has 1 amide bonds. The standard InChI is InChI=1S/C36H37N3O5/c1-42-32-14-7-13-29(23-32)33-36(24-25-9-3-2-4-10-25,35(41)39-38-30-21-27-11-5-6-12-28(27)22-30)37-34(44-33)26-15-17-31(18-16-26)43-20-8-19-40/h2-7,9-18,23,30,33,38,40H,8,19-22,24H2,1H3,(H,39,41)/t33-,36-/m0/s1. The van der Waals surface area contributed by atoms with Crippen LogP contribution in [0.2, 0.25) is 0 Å². The Hall–Kier alpha value is -4.66. The second-order valence-electron chi connectivity index (χ2n) is 11.2. The van der Waals surface area contributed by atoms with Gasteiger partial charge < -0.3 is 19.3 Å². The van der Waals surface area contributed by atoms with Crippen molar-refractivity contribution in [3.05, 3.63) is 131 Å². The zero-order chi connectivity index (χ0) is 30.4. The zero-order valence-corrected chi connectivity index (χ0v) is 24.7. The second kappa shape index (κ2) is 13.3. The Labute approximate surface area is 257 Å². The van der Waals surface area contributed by atoms with E-state index in [1.165, 1.54) is 11.1 Å². The molecule has 0 saturated carbocycles. The third-order valence-electron chi connectivity index (χ3n) is 8.18. The molecule has 8 nitrogen and oxygen atoms in total. The number of methoxy groups -OCH3 is 1. The monoisotopic (exact) mass is 591 g/mol. The number of ether oxygens (including phenoxy) is 3. The van der Waals surface area contributed by atoms with Crippen molar-refractivity contribution in [3.8, 4) is 11.5 Å². The molecule has 2 aliphatic rings. The first-order valence-corrected chi connectivity index (χ1v) is 15.0. The van der Waals surface area contributed by atoms with Crippen molar-refractivity contribution in [1.82, 2.24) is 10.9 Å². The molecular formula is C36H37N3O5. The molecule has 0 aromatic heterocycles. The van der Waals surface area contributed by atoms with Gasteiger partial charge in [0.25, 0.3) is 5.91 Å². The number of hydrogen-bond donors (Lipinski definition) is 3. The average Bonchev–Trinajstić information content (AvgIpc) is 3.67. The van der Waals surface area contributed by atoms with Crippen LogP contribution in [0.4, 0.5) is 0 Å². The van der Waals surface area contributed by atoms with E-state index in [1.54, 1.807) is 7.11 Å². The van der Waals surface area contributed by atoms with Crippen molar-refractivity contribution in [3.63, 3.8) is 0 Å². The number of rotatable bonds is 12. The maximum atomic E-state index is 14.5. The molecule has 0 saturated heterocycles. The fraction of sp³-hybridized carbons (Fsp3) is 0.278. The number of nitrogens with zero attached hydrogens (tertiary/aromatic N) is 1. The maximum absolute atomic E-state index is 14.5. The molecule has 0 fully saturated rings. The van der Waals surface area contributed by atoms with Crippen molar-refractivity contribution in [2.24, 2.45) is 4.99 Å². The van der Waals surface area contributed by atoms with Crippen molar-refractivity contribution in [2.45, 2.75) is 43.4 Å². The Morgan fingerprint density at radius 1 is 0.932 bits per heavy atom. The zero-order valence-electron chi connectivity index (χ0n) is 24.7. The Balaban J connectivity index is 1.35. The SMILES string of the molecule is COc1cccc([C@@H]2OC(c3ccc(OCCCO)cc3)=N[C@]2(Cc2ccccc2)C(=O)NNC2Cc3ccccc3C2)c1. The van der Waals surface area contributed by atoms with Crippen LogP contribution in [-0.4, -0.2) is 48.8 Å². The van der Waals surface area contributed by atoms with Crippen LogP contribution in [0.1, 0.15) is 40.3 Å². The van der Waals surface area contributed by atoms with Crippen LogP contribution in [0.5, 0.6) is 11.5 Å². The molecule has 8 heteroatoms. The van der Waals surface area contributed by atoms with E-state index in [2.05, 4.69) is 23.0 Å². The number of benzene rings is 4. The summed E-state index contributed by atoms with van der Waals surface area (Å²) in [5, 5.41) is 9.07. The van der Waals surface area contributed by atoms with Gasteiger partial charge in [-0.15, -0.1) is 0 Å². The lowest BCUT2D eigenvalue weighted by Crippen LogP contribution is -2.56. The highest BCUT2D eigenvalue weighted by atomic mass is 16.5. The van der Waals surface area contributed by atoms with Crippen LogP contribution in [0, 0.1) is 0 Å². The number of carbonyl (C=O) groups excluding carboxylic acids is 1. The minimum Gasteiger partial charge on any atom is -0.497 e. The summed E-state index contributed by atoms with van der Waals surface area (Å²) in [6, 6.07) is 33.4. The molecule has 4 aromatic carbocycles. The van der Waals surface area contributed by atoms with E-state index in [0.717, 1.165) is 29.5 Å². The quantitative estimate of drug-likeness (QED) is 0.163. The molecule has 4 aromatic rings. The molecule has 0 bridgehead atoms. The van der Waals surface area contributed by atoms with Crippen LogP contribution >= 0.6 is 0 Å². The van der Waals surface area contributed by atoms with Gasteiger partial charge in [0.2, 0.25) is 5.90 Å². The van der Waals surface area contributed by atoms with Crippen LogP contribution < -0.4 is 20.3 Å². The van der Waals surface area contributed by atoms with Gasteiger partial charge >= 0.3 is 0 Å². The molecule has 1 aliphatic heterocycles. The smallest absolute Gasteiger partial charge is 0.266 e. The Kier molecular flexibility index (Phi) is 8.91. The molecule has 226 valence electrons. The molecule has 1 aliphatic carbocycles. The topological polar surface area (TPSA) is 101 Å². The van der Waals surface area contributed by atoms with Crippen molar-refractivity contribution in [2.75, 3.05) is 20.3 Å². The lowest BCUT2D eigenvalue weighted by molar-refractivity contribution is -0.130. The first-order chi connectivity index (χ1) is 21.6. The molecule has 3 N–H and O–H groups in total. The van der Waals surface area contributed by atoms with E-state index >= 15 is 0 Å². The highest BCUT2D eigenvalue weighted by molar-refractivity contribution is 6.01. The van der Waals surface area contributed by atoms with Gasteiger partial charge in [0.15, 0.2) is 11.6 Å². The lowest BCUT2D eigenvalue weighted by atomic mass is 9.82. The maximum Gasteiger partial charge on any atom is 0.266 e. The fourth-order valence-electron chi connectivity index (χ4n) is 5.93. The Bertz CT molecular complexity index is 1580. The number of fused-ring (bicyclic) bond motifs is 1. The number of hydrogen-bond acceptors (Lipinski definition) is 7. The molecule has 0 unspecified atom stereocenters. The molecule has 2 atom stereocenters. The number of nitrogens with one attached hydrogen (secondary N) is 2. The van der Waals surface area contributed by atoms with Crippen LogP contribution in [-0.2, 0) is 28.8 Å². The summed E-state index contributed by atoms with van der Waals surface area (Å²) < 4.78 is 17.9. The number of aliphatic hydroxyl groups excluding tert-OH is 1. The Morgan fingerprint density at radius 3 is 2.36 bits per heavy atom. The van der Waals surface area contributed by atoms with E-state index in [4.69, 9.17) is 24.3 Å². The first kappa shape index (κ1) is 29.4. The van der Waals surface area contributed by atoms with E-state index in [9.17, 15) is 4.79 Å². The van der Waals surface area contributed by atoms with Crippen LogP contribution in [0.3, 0.4) is 0 Å². The van der Waals surface area contributed by atoms with E-state index in [1.807, 2.05) is 91.0 Å². The van der Waals surface area contributed by atoms with Crippen LogP contribution in [0.25, 0.3) is 0 Å². The number of carbonyl (C=O) groups is 1. The van der Waals surface area contributed by atoms with Gasteiger partial charge in [-0.05, 0) is 71.5 Å². The Morgan fingerprint density at radius 2 is 1.66 bits per heavy atom. The molecule has 0 radical (unpaired) electrons. The summed E-state index contributed by atoms with van der Waals surface area (Å²) in [5.41, 5.74) is 10.1. The lowest BCUT2D eigenvalue weighted by Gasteiger charge is -2.31. The van der Waals surface area contributed by atoms with Gasteiger partial charge in [-0.3, -0.25) is 10.2 Å². The summed E-state index contributed by atoms with van der Waals surface area (Å²) >= 11 is 0. The van der Waals surface area contributed by atoms with Gasteiger partial charge in [0.05, 0.1) is 13.7 Å². The molecule has 1 heterocycles. The predicted octanol–water partition coefficient (Wildman–Crippen LogP) is 4.74. The number of hydrazine groups is 1. The van der Waals surface area contributed by atoms with Gasteiger partial charge in [0.1, 0.15) is 11.5 Å². The van der Waals surface area contributed by atoms with Crippen LogP contribution in [0.15, 0.2) is 108 Å². The van der Waals surface area contributed by atoms with E-state index in [0.29, 0.717) is 36.8 Å². The number of aliphatic hydroxyl groups is 1. The van der Waals surface area contributed by atoms with Crippen molar-refractivity contribution < 1.29 is 24.1 Å². The van der Waals surface area contributed by atoms with Gasteiger partial charge in [-0.25, -0.2) is 10.4 Å². The fourth-order valence-corrected chi connectivity index (χ4v) is 5.93. The van der Waals surface area contributed by atoms with E-state index < -0.39 is 11.6 Å². The minimum absolute atomic E-state index is 0.0719. The van der Waals surface area contributed by atoms with Crippen molar-refractivity contribution >= 4 is 11.8 Å². The third-order valence-corrected chi connectivity index (χ3v) is 8.18. The highest BCUT2D eigenvalue weighted by Crippen LogP contribution is 2.43. The third kappa shape index (κ3) is 6.32. The number of amides is 1. The average molecular weight is 592 g/mol. The van der Waals surface area contributed by atoms with E-state index in [-0.39, 0.29) is 18.6 Å². The molecule has 0 spiro atoms. The summed E-state index contributed by atoms with van der Waals surface area (Å²) in [4.78, 5) is 19.6. The molecule has 6 rings (SSSR count). The van der Waals surface area contributed by atoms with Gasteiger partial charge in [-0.2, -0.15) is 0 Å².